The summed E-state index contributed by atoms with van der Waals surface area (Å²) in [5.74, 6) is -0.897. The highest BCUT2D eigenvalue weighted by molar-refractivity contribution is 6.05. The van der Waals surface area contributed by atoms with E-state index in [9.17, 15) is 9.59 Å². The average molecular weight is 262 g/mol. The van der Waals surface area contributed by atoms with Crippen molar-refractivity contribution in [2.75, 3.05) is 5.73 Å². The summed E-state index contributed by atoms with van der Waals surface area (Å²) in [4.78, 5) is 26.7. The molecular weight excluding hydrogens is 248 g/mol. The summed E-state index contributed by atoms with van der Waals surface area (Å²) >= 11 is 0. The van der Waals surface area contributed by atoms with Crippen LogP contribution in [0.5, 0.6) is 0 Å². The van der Waals surface area contributed by atoms with Crippen LogP contribution in [0.3, 0.4) is 0 Å². The molecule has 0 aliphatic heterocycles. The van der Waals surface area contributed by atoms with Crippen molar-refractivity contribution in [3.05, 3.63) is 18.0 Å². The molecule has 100 valence electrons. The number of aryl methyl sites for hydroxylation is 1. The molecular formula is C11H14N6O2. The summed E-state index contributed by atoms with van der Waals surface area (Å²) in [5.41, 5.74) is 11.5. The van der Waals surface area contributed by atoms with Crippen molar-refractivity contribution in [3.8, 4) is 0 Å². The molecule has 0 radical (unpaired) electrons. The maximum Gasteiger partial charge on any atom is 0.273 e. The quantitative estimate of drug-likeness (QED) is 0.649. The number of rotatable bonds is 2. The maximum absolute atomic E-state index is 11.8. The number of carbonyl (C=O) groups is 2. The summed E-state index contributed by atoms with van der Waals surface area (Å²) in [7, 11) is 0. The van der Waals surface area contributed by atoms with Crippen LogP contribution in [-0.2, 0) is 11.3 Å². The number of nitrogen functional groups attached to an aromatic ring is 1. The van der Waals surface area contributed by atoms with E-state index in [1.807, 2.05) is 6.92 Å². The fourth-order valence-corrected chi connectivity index (χ4v) is 1.67. The van der Waals surface area contributed by atoms with Crippen molar-refractivity contribution in [3.63, 3.8) is 0 Å². The SMILES string of the molecule is CCn1ncc2c(N)c(C(=O)NNC(C)=O)cnc21. The molecule has 2 heterocycles. The molecule has 0 atom stereocenters. The topological polar surface area (TPSA) is 115 Å². The number of anilines is 1. The summed E-state index contributed by atoms with van der Waals surface area (Å²) in [6, 6.07) is 0. The van der Waals surface area contributed by atoms with Crippen molar-refractivity contribution >= 4 is 28.5 Å². The number of nitrogens with two attached hydrogens (primary N) is 1. The third kappa shape index (κ3) is 2.32. The van der Waals surface area contributed by atoms with Crippen LogP contribution in [-0.4, -0.2) is 26.6 Å². The van der Waals surface area contributed by atoms with Crippen LogP contribution in [0.15, 0.2) is 12.4 Å². The molecule has 8 nitrogen and oxygen atoms in total. The van der Waals surface area contributed by atoms with E-state index < -0.39 is 5.91 Å². The van der Waals surface area contributed by atoms with Gasteiger partial charge in [0.2, 0.25) is 5.91 Å². The molecule has 0 aliphatic rings. The molecule has 4 N–H and O–H groups in total. The fraction of sp³-hybridized carbons (Fsp3) is 0.273. The lowest BCUT2D eigenvalue weighted by Gasteiger charge is -2.08. The lowest BCUT2D eigenvalue weighted by Crippen LogP contribution is -2.40. The minimum Gasteiger partial charge on any atom is -0.397 e. The van der Waals surface area contributed by atoms with Gasteiger partial charge in [0, 0.05) is 19.7 Å². The predicted molar refractivity (Wildman–Crippen MR) is 68.9 cm³/mol. The molecule has 0 spiro atoms. The number of nitrogens with one attached hydrogen (secondary N) is 2. The highest BCUT2D eigenvalue weighted by atomic mass is 16.2. The molecule has 0 fully saturated rings. The van der Waals surface area contributed by atoms with Crippen LogP contribution in [0.25, 0.3) is 11.0 Å². The molecule has 2 aromatic heterocycles. The van der Waals surface area contributed by atoms with E-state index >= 15 is 0 Å². The van der Waals surface area contributed by atoms with Gasteiger partial charge in [0.1, 0.15) is 0 Å². The Bertz CT molecular complexity index is 648. The molecule has 0 unspecified atom stereocenters. The van der Waals surface area contributed by atoms with Crippen LogP contribution in [0, 0.1) is 0 Å². The Labute approximate surface area is 108 Å². The number of aromatic nitrogens is 3. The Morgan fingerprint density at radius 2 is 2.11 bits per heavy atom. The molecule has 2 amide bonds. The average Bonchev–Trinajstić information content (AvgIpc) is 2.80. The molecule has 0 aromatic carbocycles. The van der Waals surface area contributed by atoms with Gasteiger partial charge in [-0.25, -0.2) is 9.67 Å². The summed E-state index contributed by atoms with van der Waals surface area (Å²) in [6.07, 6.45) is 2.93. The molecule has 19 heavy (non-hydrogen) atoms. The normalized spacial score (nSPS) is 10.4. The van der Waals surface area contributed by atoms with Crippen LogP contribution < -0.4 is 16.6 Å². The second-order valence-corrected chi connectivity index (χ2v) is 3.92. The van der Waals surface area contributed by atoms with Crippen molar-refractivity contribution in [1.29, 1.82) is 0 Å². The largest absolute Gasteiger partial charge is 0.397 e. The van der Waals surface area contributed by atoms with Crippen LogP contribution in [0.2, 0.25) is 0 Å². The summed E-state index contributed by atoms with van der Waals surface area (Å²) < 4.78 is 1.68. The Morgan fingerprint density at radius 1 is 1.37 bits per heavy atom. The molecule has 0 saturated carbocycles. The van der Waals surface area contributed by atoms with Gasteiger partial charge in [0.25, 0.3) is 5.91 Å². The van der Waals surface area contributed by atoms with E-state index in [0.29, 0.717) is 17.6 Å². The first-order valence-corrected chi connectivity index (χ1v) is 5.71. The third-order valence-corrected chi connectivity index (χ3v) is 2.60. The molecule has 0 aliphatic carbocycles. The van der Waals surface area contributed by atoms with E-state index in [1.165, 1.54) is 13.1 Å². The Kier molecular flexibility index (Phi) is 3.32. The zero-order valence-electron chi connectivity index (χ0n) is 10.6. The van der Waals surface area contributed by atoms with Gasteiger partial charge in [0.15, 0.2) is 5.65 Å². The van der Waals surface area contributed by atoms with Crippen LogP contribution in [0.4, 0.5) is 5.69 Å². The Hall–Kier alpha value is -2.64. The fourth-order valence-electron chi connectivity index (χ4n) is 1.67. The van der Waals surface area contributed by atoms with Crippen molar-refractivity contribution in [2.45, 2.75) is 20.4 Å². The molecule has 2 aromatic rings. The first kappa shape index (κ1) is 12.8. The molecule has 0 saturated heterocycles. The number of hydrazine groups is 1. The van der Waals surface area contributed by atoms with Gasteiger partial charge in [-0.2, -0.15) is 5.10 Å². The highest BCUT2D eigenvalue weighted by Gasteiger charge is 2.15. The molecule has 2 rings (SSSR count). The summed E-state index contributed by atoms with van der Waals surface area (Å²) in [5, 5.41) is 4.73. The van der Waals surface area contributed by atoms with Crippen molar-refractivity contribution in [1.82, 2.24) is 25.6 Å². The number of amides is 2. The first-order chi connectivity index (χ1) is 9.04. The van der Waals surface area contributed by atoms with Crippen LogP contribution >= 0.6 is 0 Å². The van der Waals surface area contributed by atoms with Crippen molar-refractivity contribution < 1.29 is 9.59 Å². The van der Waals surface area contributed by atoms with E-state index in [-0.39, 0.29) is 17.2 Å². The molecule has 8 heteroatoms. The Morgan fingerprint density at radius 3 is 2.74 bits per heavy atom. The smallest absolute Gasteiger partial charge is 0.273 e. The van der Waals surface area contributed by atoms with E-state index in [0.717, 1.165) is 0 Å². The predicted octanol–water partition coefficient (Wildman–Crippen LogP) is -0.186. The standard InChI is InChI=1S/C11H14N6O2/c1-3-17-10-7(5-14-17)9(12)8(4-13-10)11(19)16-15-6(2)18/h4-5H,3H2,1-2H3,(H2,12,13)(H,15,18)(H,16,19). The second-order valence-electron chi connectivity index (χ2n) is 3.92. The van der Waals surface area contributed by atoms with E-state index in [1.54, 1.807) is 10.9 Å². The van der Waals surface area contributed by atoms with Gasteiger partial charge >= 0.3 is 0 Å². The zero-order valence-corrected chi connectivity index (χ0v) is 10.6. The van der Waals surface area contributed by atoms with Gasteiger partial charge in [-0.1, -0.05) is 0 Å². The van der Waals surface area contributed by atoms with Gasteiger partial charge < -0.3 is 5.73 Å². The minimum absolute atomic E-state index is 0.192. The number of nitrogens with zero attached hydrogens (tertiary/aromatic N) is 3. The minimum atomic E-state index is -0.522. The second kappa shape index (κ2) is 4.92. The Balaban J connectivity index is 2.37. The number of hydrogen-bond donors (Lipinski definition) is 3. The number of pyridine rings is 1. The van der Waals surface area contributed by atoms with E-state index in [2.05, 4.69) is 20.9 Å². The van der Waals surface area contributed by atoms with Gasteiger partial charge in [0.05, 0.1) is 22.8 Å². The highest BCUT2D eigenvalue weighted by Crippen LogP contribution is 2.22. The van der Waals surface area contributed by atoms with E-state index in [4.69, 9.17) is 5.73 Å². The number of fused-ring (bicyclic) bond motifs is 1. The zero-order chi connectivity index (χ0) is 14.0. The lowest BCUT2D eigenvalue weighted by molar-refractivity contribution is -0.119. The third-order valence-electron chi connectivity index (χ3n) is 2.60. The van der Waals surface area contributed by atoms with Gasteiger partial charge in [-0.05, 0) is 6.92 Å². The number of hydrogen-bond acceptors (Lipinski definition) is 5. The monoisotopic (exact) mass is 262 g/mol. The van der Waals surface area contributed by atoms with Crippen molar-refractivity contribution in [2.24, 2.45) is 0 Å². The van der Waals surface area contributed by atoms with Crippen LogP contribution in [0.1, 0.15) is 24.2 Å². The lowest BCUT2D eigenvalue weighted by atomic mass is 10.2. The van der Waals surface area contributed by atoms with Gasteiger partial charge in [-0.3, -0.25) is 20.4 Å². The number of carbonyl (C=O) groups excluding carboxylic acids is 2. The maximum atomic E-state index is 11.8. The first-order valence-electron chi connectivity index (χ1n) is 5.71. The molecule has 0 bridgehead atoms. The van der Waals surface area contributed by atoms with Gasteiger partial charge in [-0.15, -0.1) is 0 Å². The summed E-state index contributed by atoms with van der Waals surface area (Å²) in [6.45, 7) is 3.88.